The largest absolute Gasteiger partial charge is 0.364 e. The van der Waals surface area contributed by atoms with E-state index in [9.17, 15) is 14.4 Å². The number of amides is 3. The van der Waals surface area contributed by atoms with E-state index < -0.39 is 5.91 Å². The van der Waals surface area contributed by atoms with Crippen molar-refractivity contribution in [2.24, 2.45) is 5.73 Å². The van der Waals surface area contributed by atoms with Crippen molar-refractivity contribution in [1.82, 2.24) is 19.5 Å². The van der Waals surface area contributed by atoms with Crippen LogP contribution in [0.4, 0.5) is 5.82 Å². The number of likely N-dealkylation sites (tertiary alicyclic amines) is 1. The van der Waals surface area contributed by atoms with Crippen molar-refractivity contribution in [3.05, 3.63) is 77.4 Å². The molecule has 0 aliphatic carbocycles. The van der Waals surface area contributed by atoms with Crippen LogP contribution in [-0.2, 0) is 4.79 Å². The minimum atomic E-state index is -0.735. The van der Waals surface area contributed by atoms with Crippen molar-refractivity contribution in [3.8, 4) is 11.3 Å². The van der Waals surface area contributed by atoms with Gasteiger partial charge in [-0.1, -0.05) is 18.2 Å². The van der Waals surface area contributed by atoms with Crippen molar-refractivity contribution in [3.63, 3.8) is 0 Å². The van der Waals surface area contributed by atoms with Crippen LogP contribution < -0.4 is 16.9 Å². The molecule has 5 N–H and O–H groups in total. The summed E-state index contributed by atoms with van der Waals surface area (Å²) in [5.41, 5.74) is 7.97. The lowest BCUT2D eigenvalue weighted by molar-refractivity contribution is -0.130. The molecule has 3 aromatic rings. The Morgan fingerprint density at radius 1 is 1.14 bits per heavy atom. The van der Waals surface area contributed by atoms with E-state index in [1.807, 2.05) is 13.0 Å². The Kier molecular flexibility index (Phi) is 7.14. The molecule has 1 aliphatic heterocycles. The molecule has 1 unspecified atom stereocenters. The summed E-state index contributed by atoms with van der Waals surface area (Å²) in [7, 11) is 0. The van der Waals surface area contributed by atoms with Crippen molar-refractivity contribution in [2.45, 2.75) is 39.2 Å². The average Bonchev–Trinajstić information content (AvgIpc) is 3.21. The Labute approximate surface area is 209 Å². The summed E-state index contributed by atoms with van der Waals surface area (Å²) in [4.78, 5) is 48.2. The van der Waals surface area contributed by atoms with Crippen molar-refractivity contribution in [2.75, 3.05) is 17.7 Å². The summed E-state index contributed by atoms with van der Waals surface area (Å²) in [6.45, 7) is 4.27. The summed E-state index contributed by atoms with van der Waals surface area (Å²) in [5, 5.41) is 2.76. The number of aromatic nitrogens is 3. The van der Waals surface area contributed by atoms with E-state index in [1.54, 1.807) is 54.4 Å². The summed E-state index contributed by atoms with van der Waals surface area (Å²) in [6, 6.07) is 9.85. The van der Waals surface area contributed by atoms with Crippen LogP contribution in [0.15, 0.2) is 54.7 Å². The van der Waals surface area contributed by atoms with E-state index in [2.05, 4.69) is 15.3 Å². The lowest BCUT2D eigenvalue weighted by Gasteiger charge is -2.34. The van der Waals surface area contributed by atoms with Crippen LogP contribution in [0, 0.1) is 6.92 Å². The third-order valence-electron chi connectivity index (χ3n) is 6.14. The fourth-order valence-electron chi connectivity index (χ4n) is 4.40. The number of nitrogens with one attached hydrogen (secondary N) is 1. The molecule has 1 atom stereocenters. The van der Waals surface area contributed by atoms with Gasteiger partial charge < -0.3 is 21.8 Å². The highest BCUT2D eigenvalue weighted by Gasteiger charge is 2.33. The number of allylic oxidation sites excluding steroid dienone is 1. The number of carbonyl (C=O) groups excluding carboxylic acids is 3. The van der Waals surface area contributed by atoms with Crippen LogP contribution in [0.2, 0.25) is 0 Å². The molecule has 0 spiro atoms. The number of piperidine rings is 1. The third kappa shape index (κ3) is 4.97. The number of benzene rings is 1. The van der Waals surface area contributed by atoms with Gasteiger partial charge in [0.1, 0.15) is 11.5 Å². The minimum absolute atomic E-state index is 0.0372. The Balaban J connectivity index is 1.65. The van der Waals surface area contributed by atoms with Crippen molar-refractivity contribution < 1.29 is 14.4 Å². The molecular formula is C26H29N7O3. The van der Waals surface area contributed by atoms with Crippen molar-refractivity contribution in [1.29, 1.82) is 0 Å². The van der Waals surface area contributed by atoms with Gasteiger partial charge in [0, 0.05) is 23.9 Å². The zero-order valence-electron chi connectivity index (χ0n) is 20.3. The molecule has 1 fully saturated rings. The van der Waals surface area contributed by atoms with Gasteiger partial charge in [-0.05, 0) is 69.0 Å². The van der Waals surface area contributed by atoms with Gasteiger partial charge in [-0.2, -0.15) is 0 Å². The molecule has 1 aromatic carbocycles. The van der Waals surface area contributed by atoms with Gasteiger partial charge in [0.25, 0.3) is 11.8 Å². The molecule has 1 aliphatic rings. The highest BCUT2D eigenvalue weighted by molar-refractivity contribution is 6.04. The number of anilines is 1. The molecule has 10 heteroatoms. The first-order valence-corrected chi connectivity index (χ1v) is 11.8. The predicted molar refractivity (Wildman–Crippen MR) is 136 cm³/mol. The van der Waals surface area contributed by atoms with Crippen molar-refractivity contribution >= 4 is 23.5 Å². The quantitative estimate of drug-likeness (QED) is 0.359. The van der Waals surface area contributed by atoms with E-state index in [4.69, 9.17) is 11.6 Å². The zero-order chi connectivity index (χ0) is 25.8. The van der Waals surface area contributed by atoms with Crippen LogP contribution in [-0.4, -0.2) is 43.8 Å². The molecule has 10 nitrogen and oxygen atoms in total. The topological polar surface area (TPSA) is 149 Å². The number of rotatable bonds is 6. The monoisotopic (exact) mass is 487 g/mol. The number of aryl methyl sites for hydroxylation is 1. The Hall–Kier alpha value is -4.47. The van der Waals surface area contributed by atoms with Gasteiger partial charge in [-0.25, -0.2) is 14.6 Å². The average molecular weight is 488 g/mol. The summed E-state index contributed by atoms with van der Waals surface area (Å²) in [6.07, 6.45) is 7.27. The minimum Gasteiger partial charge on any atom is -0.364 e. The van der Waals surface area contributed by atoms with E-state index in [0.717, 1.165) is 18.4 Å². The van der Waals surface area contributed by atoms with E-state index in [1.165, 1.54) is 10.8 Å². The molecule has 0 saturated carbocycles. The summed E-state index contributed by atoms with van der Waals surface area (Å²) < 4.78 is 1.19. The molecule has 3 amide bonds. The first-order valence-electron chi connectivity index (χ1n) is 11.8. The Morgan fingerprint density at radius 3 is 2.56 bits per heavy atom. The number of primary amides is 1. The molecular weight excluding hydrogens is 458 g/mol. The van der Waals surface area contributed by atoms with Crippen LogP contribution in [0.25, 0.3) is 11.3 Å². The lowest BCUT2D eigenvalue weighted by atomic mass is 10.0. The number of nitrogen functional groups attached to an aromatic ring is 1. The van der Waals surface area contributed by atoms with Crippen LogP contribution >= 0.6 is 0 Å². The number of pyridine rings is 1. The molecule has 0 bridgehead atoms. The second kappa shape index (κ2) is 10.4. The standard InChI is InChI=1S/C26H29N7O3/c1-3-6-21(34)32-14-5-4-7-19(32)25-31-22(23(24(27)35)33(25)28)17-8-10-18(11-9-17)26(36)30-20-15-16(2)12-13-29-20/h3,6,8-13,15,19H,4-5,7,14,28H2,1-2H3,(H2,27,35)(H,29,30,36). The SMILES string of the molecule is CC=CC(=O)N1CCCCC1c1nc(-c2ccc(C(=O)Nc3cc(C)ccn3)cc2)c(C(N)=O)n1N. The number of carbonyl (C=O) groups is 3. The number of hydrogen-bond acceptors (Lipinski definition) is 6. The highest BCUT2D eigenvalue weighted by Crippen LogP contribution is 2.33. The van der Waals surface area contributed by atoms with E-state index >= 15 is 0 Å². The maximum Gasteiger partial charge on any atom is 0.269 e. The molecule has 186 valence electrons. The summed E-state index contributed by atoms with van der Waals surface area (Å²) >= 11 is 0. The molecule has 3 heterocycles. The number of nitrogens with two attached hydrogens (primary N) is 2. The second-order valence-corrected chi connectivity index (χ2v) is 8.69. The third-order valence-corrected chi connectivity index (χ3v) is 6.14. The lowest BCUT2D eigenvalue weighted by Crippen LogP contribution is -2.39. The predicted octanol–water partition coefficient (Wildman–Crippen LogP) is 2.95. The smallest absolute Gasteiger partial charge is 0.269 e. The van der Waals surface area contributed by atoms with Crippen LogP contribution in [0.1, 0.15) is 64.5 Å². The number of hydrogen-bond donors (Lipinski definition) is 3. The number of imidazole rings is 1. The van der Waals surface area contributed by atoms with Gasteiger partial charge >= 0.3 is 0 Å². The second-order valence-electron chi connectivity index (χ2n) is 8.69. The maximum atomic E-state index is 12.7. The highest BCUT2D eigenvalue weighted by atomic mass is 16.2. The van der Waals surface area contributed by atoms with Gasteiger partial charge in [-0.15, -0.1) is 0 Å². The fourth-order valence-corrected chi connectivity index (χ4v) is 4.40. The maximum absolute atomic E-state index is 12.7. The molecule has 1 saturated heterocycles. The molecule has 36 heavy (non-hydrogen) atoms. The van der Waals surface area contributed by atoms with Gasteiger partial charge in [0.05, 0.1) is 6.04 Å². The molecule has 4 rings (SSSR count). The van der Waals surface area contributed by atoms with Gasteiger partial charge in [0.15, 0.2) is 11.5 Å². The van der Waals surface area contributed by atoms with Gasteiger partial charge in [0.2, 0.25) is 5.91 Å². The molecule has 0 radical (unpaired) electrons. The number of nitrogens with zero attached hydrogens (tertiary/aromatic N) is 4. The van der Waals surface area contributed by atoms with E-state index in [0.29, 0.717) is 41.4 Å². The van der Waals surface area contributed by atoms with Gasteiger partial charge in [-0.3, -0.25) is 14.4 Å². The Morgan fingerprint density at radius 2 is 1.89 bits per heavy atom. The Bertz CT molecular complexity index is 1330. The van der Waals surface area contributed by atoms with Crippen LogP contribution in [0.5, 0.6) is 0 Å². The fraction of sp³-hybridized carbons (Fsp3) is 0.269. The zero-order valence-corrected chi connectivity index (χ0v) is 20.3. The molecule has 2 aromatic heterocycles. The summed E-state index contributed by atoms with van der Waals surface area (Å²) in [5.74, 6) is 5.97. The first kappa shape index (κ1) is 24.6. The first-order chi connectivity index (χ1) is 17.3. The van der Waals surface area contributed by atoms with Crippen LogP contribution in [0.3, 0.4) is 0 Å². The normalized spacial score (nSPS) is 15.7. The van der Waals surface area contributed by atoms with E-state index in [-0.39, 0.29) is 23.6 Å².